The van der Waals surface area contributed by atoms with Crippen LogP contribution in [0.15, 0.2) is 16.8 Å². The fraction of sp³-hybridized carbons (Fsp3) is 0.583. The van der Waals surface area contributed by atoms with Gasteiger partial charge in [0, 0.05) is 13.2 Å². The van der Waals surface area contributed by atoms with E-state index in [1.54, 1.807) is 11.3 Å². The maximum atomic E-state index is 11.6. The number of nitrogens with one attached hydrogen (secondary N) is 1. The molecule has 0 aliphatic heterocycles. The summed E-state index contributed by atoms with van der Waals surface area (Å²) >= 11 is 1.61. The molecule has 1 atom stereocenters. The maximum Gasteiger partial charge on any atom is 0.224 e. The van der Waals surface area contributed by atoms with E-state index < -0.39 is 0 Å². The Morgan fingerprint density at radius 1 is 1.62 bits per heavy atom. The normalized spacial score (nSPS) is 12.4. The fourth-order valence-electron chi connectivity index (χ4n) is 1.53. The molecule has 1 unspecified atom stereocenters. The first-order chi connectivity index (χ1) is 7.76. The Bertz CT molecular complexity index is 298. The summed E-state index contributed by atoms with van der Waals surface area (Å²) in [7, 11) is 0. The molecule has 0 aliphatic carbocycles. The number of carbonyl (C=O) groups is 1. The molecule has 0 aromatic carbocycles. The Labute approximate surface area is 100 Å². The third-order valence-corrected chi connectivity index (χ3v) is 3.38. The molecule has 1 amide bonds. The van der Waals surface area contributed by atoms with Crippen LogP contribution in [0.2, 0.25) is 0 Å². The largest absolute Gasteiger partial charge is 0.396 e. The van der Waals surface area contributed by atoms with E-state index in [4.69, 9.17) is 5.11 Å². The van der Waals surface area contributed by atoms with Crippen LogP contribution in [0.5, 0.6) is 0 Å². The monoisotopic (exact) mass is 241 g/mol. The van der Waals surface area contributed by atoms with Crippen molar-refractivity contribution in [3.8, 4) is 0 Å². The Morgan fingerprint density at radius 2 is 2.44 bits per heavy atom. The van der Waals surface area contributed by atoms with Gasteiger partial charge >= 0.3 is 0 Å². The molecule has 0 spiro atoms. The minimum atomic E-state index is 0.0646. The number of amides is 1. The lowest BCUT2D eigenvalue weighted by molar-refractivity contribution is -0.120. The van der Waals surface area contributed by atoms with Crippen molar-refractivity contribution in [2.45, 2.75) is 26.2 Å². The first-order valence-electron chi connectivity index (χ1n) is 5.64. The molecule has 0 saturated heterocycles. The topological polar surface area (TPSA) is 49.3 Å². The summed E-state index contributed by atoms with van der Waals surface area (Å²) in [4.78, 5) is 11.6. The number of hydrogen-bond donors (Lipinski definition) is 2. The van der Waals surface area contributed by atoms with Crippen molar-refractivity contribution in [1.29, 1.82) is 0 Å². The van der Waals surface area contributed by atoms with E-state index in [0.29, 0.717) is 18.9 Å². The Kier molecular flexibility index (Phi) is 6.11. The third kappa shape index (κ3) is 4.77. The van der Waals surface area contributed by atoms with Crippen molar-refractivity contribution in [3.05, 3.63) is 22.4 Å². The average molecular weight is 241 g/mol. The van der Waals surface area contributed by atoms with Gasteiger partial charge in [0.05, 0.1) is 6.42 Å². The summed E-state index contributed by atoms with van der Waals surface area (Å²) in [6.07, 6.45) is 2.20. The number of carbonyl (C=O) groups excluding carboxylic acids is 1. The Morgan fingerprint density at radius 3 is 3.00 bits per heavy atom. The number of thiophene rings is 1. The lowest BCUT2D eigenvalue weighted by Gasteiger charge is -2.13. The molecule has 2 N–H and O–H groups in total. The molecule has 90 valence electrons. The first kappa shape index (κ1) is 13.2. The summed E-state index contributed by atoms with van der Waals surface area (Å²) in [5.41, 5.74) is 1.07. The average Bonchev–Trinajstić information content (AvgIpc) is 2.76. The highest BCUT2D eigenvalue weighted by Crippen LogP contribution is 2.08. The molecule has 4 heteroatoms. The van der Waals surface area contributed by atoms with E-state index in [1.807, 2.05) is 16.8 Å². The van der Waals surface area contributed by atoms with Crippen molar-refractivity contribution in [1.82, 2.24) is 5.32 Å². The Balaban J connectivity index is 2.24. The van der Waals surface area contributed by atoms with Crippen molar-refractivity contribution >= 4 is 17.2 Å². The lowest BCUT2D eigenvalue weighted by Crippen LogP contribution is -2.30. The molecule has 1 rings (SSSR count). The van der Waals surface area contributed by atoms with Crippen LogP contribution >= 0.6 is 11.3 Å². The summed E-state index contributed by atoms with van der Waals surface area (Å²) < 4.78 is 0. The second-order valence-corrected chi connectivity index (χ2v) is 4.68. The summed E-state index contributed by atoms with van der Waals surface area (Å²) in [5, 5.41) is 15.7. The molecule has 1 heterocycles. The van der Waals surface area contributed by atoms with E-state index in [-0.39, 0.29) is 12.5 Å². The van der Waals surface area contributed by atoms with Gasteiger partial charge < -0.3 is 10.4 Å². The maximum absolute atomic E-state index is 11.6. The van der Waals surface area contributed by atoms with Gasteiger partial charge in [-0.05, 0) is 34.7 Å². The van der Waals surface area contributed by atoms with Crippen LogP contribution in [0.25, 0.3) is 0 Å². The summed E-state index contributed by atoms with van der Waals surface area (Å²) in [6.45, 7) is 2.93. The first-order valence-corrected chi connectivity index (χ1v) is 6.59. The zero-order chi connectivity index (χ0) is 11.8. The third-order valence-electron chi connectivity index (χ3n) is 2.65. The summed E-state index contributed by atoms with van der Waals surface area (Å²) in [6, 6.07) is 1.97. The molecule has 0 radical (unpaired) electrons. The molecule has 16 heavy (non-hydrogen) atoms. The van der Waals surface area contributed by atoms with Crippen molar-refractivity contribution in [3.63, 3.8) is 0 Å². The van der Waals surface area contributed by atoms with E-state index in [2.05, 4.69) is 12.2 Å². The second kappa shape index (κ2) is 7.41. The van der Waals surface area contributed by atoms with Crippen LogP contribution in [0.4, 0.5) is 0 Å². The molecule has 3 nitrogen and oxygen atoms in total. The number of aliphatic hydroxyl groups excluding tert-OH is 1. The van der Waals surface area contributed by atoms with Gasteiger partial charge in [-0.1, -0.05) is 13.3 Å². The Hall–Kier alpha value is -0.870. The highest BCUT2D eigenvalue weighted by Gasteiger charge is 2.08. The molecular formula is C12H19NO2S. The SMILES string of the molecule is CCC(CCO)CNC(=O)Cc1ccsc1. The van der Waals surface area contributed by atoms with E-state index in [9.17, 15) is 4.79 Å². The van der Waals surface area contributed by atoms with Gasteiger partial charge in [0.25, 0.3) is 0 Å². The van der Waals surface area contributed by atoms with Gasteiger partial charge in [0.2, 0.25) is 5.91 Å². The van der Waals surface area contributed by atoms with E-state index in [1.165, 1.54) is 0 Å². The van der Waals surface area contributed by atoms with Gasteiger partial charge in [-0.3, -0.25) is 4.79 Å². The van der Waals surface area contributed by atoms with Crippen molar-refractivity contribution in [2.24, 2.45) is 5.92 Å². The highest BCUT2D eigenvalue weighted by atomic mass is 32.1. The zero-order valence-electron chi connectivity index (χ0n) is 9.61. The number of hydrogen-bond acceptors (Lipinski definition) is 3. The van der Waals surface area contributed by atoms with Gasteiger partial charge in [0.1, 0.15) is 0 Å². The molecule has 0 fully saturated rings. The van der Waals surface area contributed by atoms with Gasteiger partial charge in [-0.2, -0.15) is 11.3 Å². The van der Waals surface area contributed by atoms with Crippen LogP contribution in [0.1, 0.15) is 25.3 Å². The van der Waals surface area contributed by atoms with Gasteiger partial charge in [-0.25, -0.2) is 0 Å². The number of rotatable bonds is 7. The molecular weight excluding hydrogens is 222 g/mol. The van der Waals surface area contributed by atoms with Crippen LogP contribution in [0.3, 0.4) is 0 Å². The van der Waals surface area contributed by atoms with Crippen molar-refractivity contribution in [2.75, 3.05) is 13.2 Å². The quantitative estimate of drug-likeness (QED) is 0.765. The van der Waals surface area contributed by atoms with Crippen molar-refractivity contribution < 1.29 is 9.90 Å². The minimum Gasteiger partial charge on any atom is -0.396 e. The van der Waals surface area contributed by atoms with Crippen LogP contribution in [-0.4, -0.2) is 24.2 Å². The molecule has 0 bridgehead atoms. The highest BCUT2D eigenvalue weighted by molar-refractivity contribution is 7.07. The van der Waals surface area contributed by atoms with E-state index >= 15 is 0 Å². The number of aliphatic hydroxyl groups is 1. The smallest absolute Gasteiger partial charge is 0.224 e. The van der Waals surface area contributed by atoms with Gasteiger partial charge in [0.15, 0.2) is 0 Å². The predicted octanol–water partition coefficient (Wildman–Crippen LogP) is 1.82. The predicted molar refractivity (Wildman–Crippen MR) is 66.5 cm³/mol. The molecule has 0 saturated carbocycles. The molecule has 1 aromatic heterocycles. The lowest BCUT2D eigenvalue weighted by atomic mass is 10.0. The molecule has 1 aromatic rings. The fourth-order valence-corrected chi connectivity index (χ4v) is 2.20. The van der Waals surface area contributed by atoms with Gasteiger partial charge in [-0.15, -0.1) is 0 Å². The zero-order valence-corrected chi connectivity index (χ0v) is 10.4. The van der Waals surface area contributed by atoms with E-state index in [0.717, 1.165) is 18.4 Å². The molecule has 0 aliphatic rings. The standard InChI is InChI=1S/C12H19NO2S/c1-2-10(3-5-14)8-13-12(15)7-11-4-6-16-9-11/h4,6,9-10,14H,2-3,5,7-8H2,1H3,(H,13,15). The second-order valence-electron chi connectivity index (χ2n) is 3.90. The van der Waals surface area contributed by atoms with Crippen LogP contribution in [-0.2, 0) is 11.2 Å². The van der Waals surface area contributed by atoms with Crippen LogP contribution in [0, 0.1) is 5.92 Å². The minimum absolute atomic E-state index is 0.0646. The summed E-state index contributed by atoms with van der Waals surface area (Å²) in [5.74, 6) is 0.450. The van der Waals surface area contributed by atoms with Crippen LogP contribution < -0.4 is 5.32 Å².